The van der Waals surface area contributed by atoms with Gasteiger partial charge < -0.3 is 10.5 Å². The maximum absolute atomic E-state index is 6.07. The first-order chi connectivity index (χ1) is 7.22. The fourth-order valence-corrected chi connectivity index (χ4v) is 2.56. The summed E-state index contributed by atoms with van der Waals surface area (Å²) in [7, 11) is 0. The zero-order valence-corrected chi connectivity index (χ0v) is 9.81. The maximum Gasteiger partial charge on any atom is 0.141 e. The van der Waals surface area contributed by atoms with E-state index in [9.17, 15) is 0 Å². The summed E-state index contributed by atoms with van der Waals surface area (Å²) in [4.78, 5) is 0. The van der Waals surface area contributed by atoms with Crippen molar-refractivity contribution in [3.8, 4) is 5.75 Å². The van der Waals surface area contributed by atoms with Gasteiger partial charge in [-0.15, -0.1) is 0 Å². The third-order valence-electron chi connectivity index (χ3n) is 2.70. The summed E-state index contributed by atoms with van der Waals surface area (Å²) in [6, 6.07) is 3.65. The molecular formula is C11H13Cl2NO. The van der Waals surface area contributed by atoms with Crippen LogP contribution < -0.4 is 10.5 Å². The number of rotatable bonds is 2. The molecule has 1 aliphatic rings. The lowest BCUT2D eigenvalue weighted by atomic mass is 9.90. The minimum atomic E-state index is 0.426. The second kappa shape index (κ2) is 4.60. The van der Waals surface area contributed by atoms with Crippen LogP contribution in [0, 0.1) is 0 Å². The molecule has 2 nitrogen and oxygen atoms in total. The molecule has 82 valence electrons. The summed E-state index contributed by atoms with van der Waals surface area (Å²) in [5.41, 5.74) is 6.69. The summed E-state index contributed by atoms with van der Waals surface area (Å²) in [6.07, 6.45) is 1.94. The molecule has 0 spiro atoms. The first-order valence-corrected chi connectivity index (χ1v) is 5.79. The van der Waals surface area contributed by atoms with Gasteiger partial charge in [0.25, 0.3) is 0 Å². The molecule has 15 heavy (non-hydrogen) atoms. The molecule has 1 unspecified atom stereocenters. The Hall–Kier alpha value is -0.440. The fraction of sp³-hybridized carbons (Fsp3) is 0.455. The molecule has 1 heterocycles. The normalized spacial score (nSPS) is 19.5. The van der Waals surface area contributed by atoms with E-state index in [1.54, 1.807) is 6.07 Å². The van der Waals surface area contributed by atoms with E-state index in [-0.39, 0.29) is 0 Å². The summed E-state index contributed by atoms with van der Waals surface area (Å²) >= 11 is 12.0. The third-order valence-corrected chi connectivity index (χ3v) is 3.20. The van der Waals surface area contributed by atoms with Crippen LogP contribution in [0.5, 0.6) is 5.75 Å². The molecule has 0 amide bonds. The van der Waals surface area contributed by atoms with Gasteiger partial charge in [-0.2, -0.15) is 0 Å². The Morgan fingerprint density at radius 2 is 2.20 bits per heavy atom. The molecule has 1 aromatic carbocycles. The average Bonchev–Trinajstić information content (AvgIpc) is 2.19. The largest absolute Gasteiger partial charge is 0.492 e. The molecule has 0 aliphatic carbocycles. The molecule has 0 radical (unpaired) electrons. The van der Waals surface area contributed by atoms with E-state index in [0.717, 1.165) is 24.2 Å². The number of benzene rings is 1. The van der Waals surface area contributed by atoms with Gasteiger partial charge in [-0.3, -0.25) is 0 Å². The topological polar surface area (TPSA) is 35.2 Å². The van der Waals surface area contributed by atoms with E-state index in [4.69, 9.17) is 33.7 Å². The SMILES string of the molecule is NCCC1CCOc2c(Cl)cc(Cl)cc21. The van der Waals surface area contributed by atoms with Gasteiger partial charge in [0.1, 0.15) is 5.75 Å². The number of fused-ring (bicyclic) bond motifs is 1. The van der Waals surface area contributed by atoms with Crippen LogP contribution in [0.1, 0.15) is 24.3 Å². The highest BCUT2D eigenvalue weighted by molar-refractivity contribution is 6.35. The van der Waals surface area contributed by atoms with E-state index in [0.29, 0.717) is 29.1 Å². The lowest BCUT2D eigenvalue weighted by Crippen LogP contribution is -2.17. The van der Waals surface area contributed by atoms with E-state index in [1.165, 1.54) is 0 Å². The van der Waals surface area contributed by atoms with Gasteiger partial charge in [0.2, 0.25) is 0 Å². The van der Waals surface area contributed by atoms with Gasteiger partial charge in [0.15, 0.2) is 0 Å². The van der Waals surface area contributed by atoms with Crippen LogP contribution in [0.25, 0.3) is 0 Å². The lowest BCUT2D eigenvalue weighted by molar-refractivity contribution is 0.264. The molecule has 0 saturated carbocycles. The highest BCUT2D eigenvalue weighted by Crippen LogP contribution is 2.41. The number of hydrogen-bond acceptors (Lipinski definition) is 2. The second-order valence-electron chi connectivity index (χ2n) is 3.72. The van der Waals surface area contributed by atoms with Gasteiger partial charge in [-0.1, -0.05) is 23.2 Å². The first kappa shape index (κ1) is 11.1. The monoisotopic (exact) mass is 245 g/mol. The molecular weight excluding hydrogens is 233 g/mol. The van der Waals surface area contributed by atoms with Gasteiger partial charge >= 0.3 is 0 Å². The van der Waals surface area contributed by atoms with Crippen molar-refractivity contribution in [2.75, 3.05) is 13.2 Å². The van der Waals surface area contributed by atoms with Crippen molar-refractivity contribution < 1.29 is 4.74 Å². The molecule has 0 bridgehead atoms. The number of halogens is 2. The number of nitrogens with two attached hydrogens (primary N) is 1. The van der Waals surface area contributed by atoms with Crippen LogP contribution >= 0.6 is 23.2 Å². The summed E-state index contributed by atoms with van der Waals surface area (Å²) in [6.45, 7) is 1.38. The maximum atomic E-state index is 6.07. The van der Waals surface area contributed by atoms with Crippen molar-refractivity contribution in [3.63, 3.8) is 0 Å². The number of ether oxygens (including phenoxy) is 1. The van der Waals surface area contributed by atoms with Gasteiger partial charge in [0.05, 0.1) is 11.6 Å². The van der Waals surface area contributed by atoms with Crippen LogP contribution in [-0.2, 0) is 0 Å². The van der Waals surface area contributed by atoms with Crippen LogP contribution in [0.3, 0.4) is 0 Å². The molecule has 1 aromatic rings. The van der Waals surface area contributed by atoms with Gasteiger partial charge in [-0.05, 0) is 37.4 Å². The van der Waals surface area contributed by atoms with Crippen molar-refractivity contribution in [3.05, 3.63) is 27.7 Å². The van der Waals surface area contributed by atoms with Crippen LogP contribution in [-0.4, -0.2) is 13.2 Å². The quantitative estimate of drug-likeness (QED) is 0.869. The minimum absolute atomic E-state index is 0.426. The van der Waals surface area contributed by atoms with Gasteiger partial charge in [0, 0.05) is 10.6 Å². The molecule has 1 aliphatic heterocycles. The highest BCUT2D eigenvalue weighted by atomic mass is 35.5. The summed E-state index contributed by atoms with van der Waals surface area (Å²) in [5.74, 6) is 1.21. The van der Waals surface area contributed by atoms with Crippen molar-refractivity contribution >= 4 is 23.2 Å². The Morgan fingerprint density at radius 1 is 1.40 bits per heavy atom. The smallest absolute Gasteiger partial charge is 0.141 e. The van der Waals surface area contributed by atoms with Crippen molar-refractivity contribution in [2.24, 2.45) is 5.73 Å². The Labute approximate surface area is 99.3 Å². The Morgan fingerprint density at radius 3 is 2.93 bits per heavy atom. The Bertz CT molecular complexity index is 368. The summed E-state index contributed by atoms with van der Waals surface area (Å²) in [5, 5.41) is 1.26. The lowest BCUT2D eigenvalue weighted by Gasteiger charge is -2.26. The first-order valence-electron chi connectivity index (χ1n) is 5.04. The highest BCUT2D eigenvalue weighted by Gasteiger charge is 2.23. The zero-order chi connectivity index (χ0) is 10.8. The predicted molar refractivity (Wildman–Crippen MR) is 63.0 cm³/mol. The van der Waals surface area contributed by atoms with E-state index < -0.39 is 0 Å². The third kappa shape index (κ3) is 2.22. The van der Waals surface area contributed by atoms with Gasteiger partial charge in [-0.25, -0.2) is 0 Å². The fourth-order valence-electron chi connectivity index (χ4n) is 2.00. The van der Waals surface area contributed by atoms with E-state index >= 15 is 0 Å². The molecule has 0 fully saturated rings. The van der Waals surface area contributed by atoms with Crippen LogP contribution in [0.2, 0.25) is 10.0 Å². The Balaban J connectivity index is 2.41. The second-order valence-corrected chi connectivity index (χ2v) is 4.56. The minimum Gasteiger partial charge on any atom is -0.492 e. The summed E-state index contributed by atoms with van der Waals surface area (Å²) < 4.78 is 5.55. The molecule has 0 aromatic heterocycles. The molecule has 4 heteroatoms. The van der Waals surface area contributed by atoms with E-state index in [1.807, 2.05) is 6.07 Å². The van der Waals surface area contributed by atoms with Crippen molar-refractivity contribution in [1.82, 2.24) is 0 Å². The zero-order valence-electron chi connectivity index (χ0n) is 8.30. The number of hydrogen-bond donors (Lipinski definition) is 1. The molecule has 1 atom stereocenters. The van der Waals surface area contributed by atoms with Crippen LogP contribution in [0.15, 0.2) is 12.1 Å². The van der Waals surface area contributed by atoms with Crippen molar-refractivity contribution in [2.45, 2.75) is 18.8 Å². The predicted octanol–water partition coefficient (Wildman–Crippen LogP) is 3.21. The van der Waals surface area contributed by atoms with E-state index in [2.05, 4.69) is 0 Å². The Kier molecular flexibility index (Phi) is 3.39. The molecule has 2 N–H and O–H groups in total. The molecule has 0 saturated heterocycles. The molecule has 2 rings (SSSR count). The van der Waals surface area contributed by atoms with Crippen LogP contribution in [0.4, 0.5) is 0 Å². The standard InChI is InChI=1S/C11H13Cl2NO/c12-8-5-9-7(1-3-14)2-4-15-11(9)10(13)6-8/h5-7H,1-4,14H2. The average molecular weight is 246 g/mol. The van der Waals surface area contributed by atoms with Crippen molar-refractivity contribution in [1.29, 1.82) is 0 Å².